The second-order valence-electron chi connectivity index (χ2n) is 8.69. The molecule has 4 rings (SSSR count). The Balaban J connectivity index is 1.76. The van der Waals surface area contributed by atoms with Gasteiger partial charge in [0.1, 0.15) is 0 Å². The van der Waals surface area contributed by atoms with Crippen LogP contribution in [0.15, 0.2) is 60.7 Å². The van der Waals surface area contributed by atoms with Crippen LogP contribution in [0.5, 0.6) is 0 Å². The third kappa shape index (κ3) is 3.52. The number of hydrogen-bond acceptors (Lipinski definition) is 3. The molecule has 144 valence electrons. The van der Waals surface area contributed by atoms with Gasteiger partial charge in [-0.25, -0.2) is 0 Å². The van der Waals surface area contributed by atoms with Crippen molar-refractivity contribution in [3.8, 4) is 0 Å². The van der Waals surface area contributed by atoms with E-state index < -0.39 is 8.32 Å². The zero-order valence-electron chi connectivity index (χ0n) is 16.6. The normalized spacial score (nSPS) is 26.0. The molecule has 2 aliphatic rings. The summed E-state index contributed by atoms with van der Waals surface area (Å²) in [6.07, 6.45) is 2.39. The Morgan fingerprint density at radius 2 is 1.22 bits per heavy atom. The van der Waals surface area contributed by atoms with Crippen molar-refractivity contribution in [1.82, 2.24) is 0 Å². The van der Waals surface area contributed by atoms with Crippen LogP contribution in [0.3, 0.4) is 0 Å². The summed E-state index contributed by atoms with van der Waals surface area (Å²) in [5, 5.41) is 2.67. The molecule has 1 heterocycles. The van der Waals surface area contributed by atoms with Crippen molar-refractivity contribution in [1.29, 1.82) is 0 Å². The summed E-state index contributed by atoms with van der Waals surface area (Å²) in [5.41, 5.74) is 0. The zero-order chi connectivity index (χ0) is 18.9. The third-order valence-corrected chi connectivity index (χ3v) is 11.0. The lowest BCUT2D eigenvalue weighted by atomic mass is 10.2. The third-order valence-electron chi connectivity index (χ3n) is 5.91. The minimum Gasteiger partial charge on any atom is -0.404 e. The Kier molecular flexibility index (Phi) is 5.25. The van der Waals surface area contributed by atoms with E-state index in [4.69, 9.17) is 13.9 Å². The highest BCUT2D eigenvalue weighted by molar-refractivity contribution is 6.99. The van der Waals surface area contributed by atoms with Gasteiger partial charge in [0.2, 0.25) is 0 Å². The van der Waals surface area contributed by atoms with Gasteiger partial charge in [-0.2, -0.15) is 0 Å². The summed E-state index contributed by atoms with van der Waals surface area (Å²) in [5.74, 6) is 0. The summed E-state index contributed by atoms with van der Waals surface area (Å²) in [4.78, 5) is 0. The van der Waals surface area contributed by atoms with Crippen molar-refractivity contribution < 1.29 is 13.9 Å². The average Bonchev–Trinajstić information content (AvgIpc) is 3.09. The van der Waals surface area contributed by atoms with Gasteiger partial charge in [-0.1, -0.05) is 81.4 Å². The van der Waals surface area contributed by atoms with Crippen LogP contribution in [-0.4, -0.2) is 39.8 Å². The smallest absolute Gasteiger partial charge is 0.261 e. The van der Waals surface area contributed by atoms with Crippen molar-refractivity contribution >= 4 is 18.7 Å². The quantitative estimate of drug-likeness (QED) is 0.758. The first-order chi connectivity index (χ1) is 13.0. The van der Waals surface area contributed by atoms with E-state index in [1.54, 1.807) is 0 Å². The molecule has 1 saturated heterocycles. The number of rotatable bonds is 4. The Morgan fingerprint density at radius 3 is 1.63 bits per heavy atom. The van der Waals surface area contributed by atoms with E-state index in [0.29, 0.717) is 13.2 Å². The van der Waals surface area contributed by atoms with Gasteiger partial charge in [-0.05, 0) is 15.4 Å². The summed E-state index contributed by atoms with van der Waals surface area (Å²) in [6, 6.07) is 21.7. The van der Waals surface area contributed by atoms with E-state index >= 15 is 0 Å². The zero-order valence-corrected chi connectivity index (χ0v) is 17.6. The molecule has 4 heteroatoms. The lowest BCUT2D eigenvalue weighted by Crippen LogP contribution is -2.67. The molecule has 0 N–H and O–H groups in total. The van der Waals surface area contributed by atoms with Gasteiger partial charge in [0, 0.05) is 12.8 Å². The van der Waals surface area contributed by atoms with Crippen LogP contribution in [0.2, 0.25) is 5.04 Å². The van der Waals surface area contributed by atoms with Crippen molar-refractivity contribution in [3.63, 3.8) is 0 Å². The van der Waals surface area contributed by atoms with E-state index in [1.807, 2.05) is 0 Å². The van der Waals surface area contributed by atoms with E-state index in [2.05, 4.69) is 81.4 Å². The first-order valence-electron chi connectivity index (χ1n) is 10.0. The molecule has 3 nitrogen and oxygen atoms in total. The maximum atomic E-state index is 7.21. The predicted molar refractivity (Wildman–Crippen MR) is 111 cm³/mol. The SMILES string of the molecule is CC(C)(C)[Si](O[C@@H]1C[C@@H]2OCCO[C@@H]2C1)(c1ccccc1)c1ccccc1. The molecule has 1 aliphatic heterocycles. The van der Waals surface area contributed by atoms with E-state index in [9.17, 15) is 0 Å². The van der Waals surface area contributed by atoms with Crippen LogP contribution in [0.1, 0.15) is 33.6 Å². The fourth-order valence-electron chi connectivity index (χ4n) is 4.71. The maximum Gasteiger partial charge on any atom is 0.261 e. The molecule has 0 aromatic heterocycles. The van der Waals surface area contributed by atoms with Crippen molar-refractivity contribution in [2.75, 3.05) is 13.2 Å². The fraction of sp³-hybridized carbons (Fsp3) is 0.478. The van der Waals surface area contributed by atoms with Crippen LogP contribution in [0.4, 0.5) is 0 Å². The number of fused-ring (bicyclic) bond motifs is 1. The molecule has 0 unspecified atom stereocenters. The van der Waals surface area contributed by atoms with Crippen LogP contribution in [0.25, 0.3) is 0 Å². The van der Waals surface area contributed by atoms with Gasteiger partial charge < -0.3 is 13.9 Å². The van der Waals surface area contributed by atoms with Crippen LogP contribution in [0, 0.1) is 0 Å². The van der Waals surface area contributed by atoms with Crippen molar-refractivity contribution in [2.45, 2.75) is 57.0 Å². The highest BCUT2D eigenvalue weighted by Gasteiger charge is 2.53. The molecule has 1 aliphatic carbocycles. The van der Waals surface area contributed by atoms with Gasteiger partial charge in [-0.3, -0.25) is 0 Å². The van der Waals surface area contributed by atoms with Crippen molar-refractivity contribution in [3.05, 3.63) is 60.7 Å². The van der Waals surface area contributed by atoms with Crippen molar-refractivity contribution in [2.24, 2.45) is 0 Å². The monoisotopic (exact) mass is 382 g/mol. The maximum absolute atomic E-state index is 7.21. The molecule has 1 saturated carbocycles. The van der Waals surface area contributed by atoms with E-state index in [0.717, 1.165) is 12.8 Å². The fourth-order valence-corrected chi connectivity index (χ4v) is 9.41. The molecule has 0 spiro atoms. The Bertz CT molecular complexity index is 688. The molecular weight excluding hydrogens is 352 g/mol. The van der Waals surface area contributed by atoms with E-state index in [1.165, 1.54) is 10.4 Å². The molecule has 27 heavy (non-hydrogen) atoms. The second kappa shape index (κ2) is 7.51. The summed E-state index contributed by atoms with van der Waals surface area (Å²) in [6.45, 7) is 8.39. The molecule has 0 amide bonds. The molecule has 0 bridgehead atoms. The van der Waals surface area contributed by atoms with Gasteiger partial charge in [0.05, 0.1) is 31.5 Å². The molecular formula is C23H30O3Si. The Morgan fingerprint density at radius 1 is 0.778 bits per heavy atom. The van der Waals surface area contributed by atoms with Crippen LogP contribution < -0.4 is 10.4 Å². The molecule has 2 fully saturated rings. The lowest BCUT2D eigenvalue weighted by Gasteiger charge is -2.44. The van der Waals surface area contributed by atoms with Gasteiger partial charge >= 0.3 is 0 Å². The number of ether oxygens (including phenoxy) is 2. The largest absolute Gasteiger partial charge is 0.404 e. The first-order valence-corrected chi connectivity index (χ1v) is 11.9. The van der Waals surface area contributed by atoms with Gasteiger partial charge in [0.15, 0.2) is 0 Å². The van der Waals surface area contributed by atoms with Crippen LogP contribution >= 0.6 is 0 Å². The highest BCUT2D eigenvalue weighted by Crippen LogP contribution is 2.40. The minimum absolute atomic E-state index is 0.00514. The molecule has 0 radical (unpaired) electrons. The van der Waals surface area contributed by atoms with E-state index in [-0.39, 0.29) is 23.4 Å². The summed E-state index contributed by atoms with van der Waals surface area (Å²) >= 11 is 0. The summed E-state index contributed by atoms with van der Waals surface area (Å²) in [7, 11) is -2.49. The molecule has 2 aromatic rings. The second-order valence-corrected chi connectivity index (χ2v) is 12.9. The van der Waals surface area contributed by atoms with Crippen LogP contribution in [-0.2, 0) is 13.9 Å². The number of benzene rings is 2. The van der Waals surface area contributed by atoms with Gasteiger partial charge in [-0.15, -0.1) is 0 Å². The predicted octanol–water partition coefficient (Wildman–Crippen LogP) is 3.51. The molecule has 2 aromatic carbocycles. The Labute approximate surface area is 163 Å². The topological polar surface area (TPSA) is 27.7 Å². The Hall–Kier alpha value is -1.46. The first kappa shape index (κ1) is 18.9. The lowest BCUT2D eigenvalue weighted by molar-refractivity contribution is -0.124. The van der Waals surface area contributed by atoms with Gasteiger partial charge in [0.25, 0.3) is 8.32 Å². The summed E-state index contributed by atoms with van der Waals surface area (Å²) < 4.78 is 19.1. The molecule has 3 atom stereocenters. The highest BCUT2D eigenvalue weighted by atomic mass is 28.4. The average molecular weight is 383 g/mol. The standard InChI is InChI=1S/C23H30O3Si/c1-23(2,3)27(19-10-6-4-7-11-19,20-12-8-5-9-13-20)26-18-16-21-22(17-18)25-15-14-24-21/h4-13,18,21-22H,14-17H2,1-3H3/t18-,21+,22-. The minimum atomic E-state index is -2.49. The number of hydrogen-bond donors (Lipinski definition) is 0.